The quantitative estimate of drug-likeness (QED) is 0.768. The SMILES string of the molecule is CC(C)(C)OC(=O)Nc1cccc(CNC2CCC(CO)CC2)c1. The molecule has 134 valence electrons. The largest absolute Gasteiger partial charge is 0.444 e. The molecule has 0 spiro atoms. The standard InChI is InChI=1S/C19H30N2O3/c1-19(2,3)24-18(23)21-17-6-4-5-15(11-17)12-20-16-9-7-14(13-22)8-10-16/h4-6,11,14,16,20,22H,7-10,12-13H2,1-3H3,(H,21,23). The molecule has 1 aromatic rings. The van der Waals surface area contributed by atoms with E-state index in [1.54, 1.807) is 0 Å². The van der Waals surface area contributed by atoms with E-state index in [1.807, 2.05) is 45.0 Å². The average Bonchev–Trinajstić information content (AvgIpc) is 2.52. The zero-order valence-electron chi connectivity index (χ0n) is 15.0. The fourth-order valence-electron chi connectivity index (χ4n) is 2.99. The van der Waals surface area contributed by atoms with E-state index in [4.69, 9.17) is 4.74 Å². The van der Waals surface area contributed by atoms with E-state index < -0.39 is 11.7 Å². The van der Waals surface area contributed by atoms with Crippen LogP contribution in [-0.2, 0) is 11.3 Å². The van der Waals surface area contributed by atoms with Gasteiger partial charge in [0.2, 0.25) is 0 Å². The Hall–Kier alpha value is -1.59. The molecule has 1 aromatic carbocycles. The highest BCUT2D eigenvalue weighted by molar-refractivity contribution is 5.84. The molecule has 2 rings (SSSR count). The van der Waals surface area contributed by atoms with Crippen LogP contribution in [0.2, 0.25) is 0 Å². The number of anilines is 1. The first-order valence-electron chi connectivity index (χ1n) is 8.79. The number of carbonyl (C=O) groups excluding carboxylic acids is 1. The highest BCUT2D eigenvalue weighted by Gasteiger charge is 2.20. The summed E-state index contributed by atoms with van der Waals surface area (Å²) < 4.78 is 5.27. The summed E-state index contributed by atoms with van der Waals surface area (Å²) in [7, 11) is 0. The molecule has 1 fully saturated rings. The molecule has 0 heterocycles. The number of aliphatic hydroxyl groups excluding tert-OH is 1. The third-order valence-electron chi connectivity index (χ3n) is 4.27. The Morgan fingerprint density at radius 2 is 1.96 bits per heavy atom. The minimum absolute atomic E-state index is 0.311. The fourth-order valence-corrected chi connectivity index (χ4v) is 2.99. The van der Waals surface area contributed by atoms with Gasteiger partial charge in [0.1, 0.15) is 5.60 Å². The van der Waals surface area contributed by atoms with Gasteiger partial charge in [0.05, 0.1) is 0 Å². The van der Waals surface area contributed by atoms with Gasteiger partial charge in [0, 0.05) is 24.9 Å². The van der Waals surface area contributed by atoms with E-state index in [0.717, 1.165) is 43.5 Å². The molecule has 0 aromatic heterocycles. The number of nitrogens with one attached hydrogen (secondary N) is 2. The summed E-state index contributed by atoms with van der Waals surface area (Å²) >= 11 is 0. The number of aliphatic hydroxyl groups is 1. The van der Waals surface area contributed by atoms with E-state index in [-0.39, 0.29) is 0 Å². The fraction of sp³-hybridized carbons (Fsp3) is 0.632. The van der Waals surface area contributed by atoms with Gasteiger partial charge in [-0.25, -0.2) is 4.79 Å². The first kappa shape index (κ1) is 18.7. The second kappa shape index (κ2) is 8.49. The smallest absolute Gasteiger partial charge is 0.412 e. The second-order valence-electron chi connectivity index (χ2n) is 7.61. The lowest BCUT2D eigenvalue weighted by atomic mass is 9.86. The van der Waals surface area contributed by atoms with Crippen molar-refractivity contribution in [2.24, 2.45) is 5.92 Å². The van der Waals surface area contributed by atoms with E-state index in [2.05, 4.69) is 10.6 Å². The van der Waals surface area contributed by atoms with E-state index in [1.165, 1.54) is 0 Å². The Morgan fingerprint density at radius 3 is 2.58 bits per heavy atom. The van der Waals surface area contributed by atoms with Gasteiger partial charge in [-0.3, -0.25) is 5.32 Å². The van der Waals surface area contributed by atoms with Crippen LogP contribution in [-0.4, -0.2) is 29.4 Å². The second-order valence-corrected chi connectivity index (χ2v) is 7.61. The van der Waals surface area contributed by atoms with Crippen LogP contribution < -0.4 is 10.6 Å². The molecule has 5 heteroatoms. The maximum Gasteiger partial charge on any atom is 0.412 e. The highest BCUT2D eigenvalue weighted by atomic mass is 16.6. The Labute approximate surface area is 144 Å². The van der Waals surface area contributed by atoms with Crippen LogP contribution in [0.3, 0.4) is 0 Å². The van der Waals surface area contributed by atoms with Crippen molar-refractivity contribution in [3.8, 4) is 0 Å². The number of benzene rings is 1. The third-order valence-corrected chi connectivity index (χ3v) is 4.27. The van der Waals surface area contributed by atoms with Gasteiger partial charge in [-0.1, -0.05) is 12.1 Å². The lowest BCUT2D eigenvalue weighted by molar-refractivity contribution is 0.0636. The van der Waals surface area contributed by atoms with Crippen LogP contribution in [0.5, 0.6) is 0 Å². The van der Waals surface area contributed by atoms with Crippen LogP contribution in [0.25, 0.3) is 0 Å². The Morgan fingerprint density at radius 1 is 1.25 bits per heavy atom. The number of hydrogen-bond donors (Lipinski definition) is 3. The maximum absolute atomic E-state index is 11.8. The molecular weight excluding hydrogens is 304 g/mol. The number of ether oxygens (including phenoxy) is 1. The summed E-state index contributed by atoms with van der Waals surface area (Å²) in [5.41, 5.74) is 1.37. The summed E-state index contributed by atoms with van der Waals surface area (Å²) in [5, 5.41) is 15.5. The summed E-state index contributed by atoms with van der Waals surface area (Å²) in [4.78, 5) is 11.8. The summed E-state index contributed by atoms with van der Waals surface area (Å²) in [6.45, 7) is 6.62. The summed E-state index contributed by atoms with van der Waals surface area (Å²) in [5.74, 6) is 0.476. The van der Waals surface area contributed by atoms with Gasteiger partial charge in [-0.2, -0.15) is 0 Å². The first-order valence-corrected chi connectivity index (χ1v) is 8.79. The zero-order valence-corrected chi connectivity index (χ0v) is 15.0. The molecule has 0 radical (unpaired) electrons. The van der Waals surface area contributed by atoms with Crippen molar-refractivity contribution in [2.75, 3.05) is 11.9 Å². The lowest BCUT2D eigenvalue weighted by Crippen LogP contribution is -2.33. The van der Waals surface area contributed by atoms with Crippen LogP contribution in [0.4, 0.5) is 10.5 Å². The predicted octanol–water partition coefficient (Wildman–Crippen LogP) is 3.67. The summed E-state index contributed by atoms with van der Waals surface area (Å²) in [6, 6.07) is 8.32. The molecule has 1 aliphatic carbocycles. The van der Waals surface area contributed by atoms with Crippen molar-refractivity contribution in [1.29, 1.82) is 0 Å². The van der Waals surface area contributed by atoms with E-state index >= 15 is 0 Å². The number of carbonyl (C=O) groups is 1. The predicted molar refractivity (Wildman–Crippen MR) is 96.0 cm³/mol. The molecule has 1 saturated carbocycles. The van der Waals surface area contributed by atoms with Crippen LogP contribution in [0.15, 0.2) is 24.3 Å². The molecular formula is C19H30N2O3. The van der Waals surface area contributed by atoms with Crippen LogP contribution in [0.1, 0.15) is 52.0 Å². The van der Waals surface area contributed by atoms with Crippen molar-refractivity contribution in [2.45, 2.75) is 64.6 Å². The van der Waals surface area contributed by atoms with E-state index in [0.29, 0.717) is 18.6 Å². The molecule has 3 N–H and O–H groups in total. The molecule has 24 heavy (non-hydrogen) atoms. The minimum atomic E-state index is -0.503. The molecule has 0 bridgehead atoms. The number of hydrogen-bond acceptors (Lipinski definition) is 4. The molecule has 5 nitrogen and oxygen atoms in total. The van der Waals surface area contributed by atoms with Gasteiger partial charge in [0.15, 0.2) is 0 Å². The topological polar surface area (TPSA) is 70.6 Å². The first-order chi connectivity index (χ1) is 11.4. The lowest BCUT2D eigenvalue weighted by Gasteiger charge is -2.28. The number of amides is 1. The highest BCUT2D eigenvalue weighted by Crippen LogP contribution is 2.24. The average molecular weight is 334 g/mol. The molecule has 0 unspecified atom stereocenters. The van der Waals surface area contributed by atoms with Crippen molar-refractivity contribution >= 4 is 11.8 Å². The van der Waals surface area contributed by atoms with Crippen LogP contribution >= 0.6 is 0 Å². The molecule has 0 aliphatic heterocycles. The van der Waals surface area contributed by atoms with Gasteiger partial charge in [-0.15, -0.1) is 0 Å². The molecule has 1 amide bonds. The molecule has 1 aliphatic rings. The normalized spacial score (nSPS) is 21.3. The van der Waals surface area contributed by atoms with Crippen molar-refractivity contribution < 1.29 is 14.6 Å². The van der Waals surface area contributed by atoms with Gasteiger partial charge < -0.3 is 15.2 Å². The van der Waals surface area contributed by atoms with Gasteiger partial charge >= 0.3 is 6.09 Å². The van der Waals surface area contributed by atoms with Crippen molar-refractivity contribution in [3.05, 3.63) is 29.8 Å². The third kappa shape index (κ3) is 6.49. The molecule has 0 saturated heterocycles. The monoisotopic (exact) mass is 334 g/mol. The molecule has 0 atom stereocenters. The van der Waals surface area contributed by atoms with Crippen molar-refractivity contribution in [3.63, 3.8) is 0 Å². The van der Waals surface area contributed by atoms with Crippen molar-refractivity contribution in [1.82, 2.24) is 5.32 Å². The summed E-state index contributed by atoms with van der Waals surface area (Å²) in [6.07, 6.45) is 3.97. The van der Waals surface area contributed by atoms with Crippen LogP contribution in [0, 0.1) is 5.92 Å². The maximum atomic E-state index is 11.8. The minimum Gasteiger partial charge on any atom is -0.444 e. The van der Waals surface area contributed by atoms with E-state index in [9.17, 15) is 9.90 Å². The Balaban J connectivity index is 1.81. The number of rotatable bonds is 5. The van der Waals surface area contributed by atoms with Gasteiger partial charge in [0.25, 0.3) is 0 Å². The zero-order chi connectivity index (χ0) is 17.6. The van der Waals surface area contributed by atoms with Gasteiger partial charge in [-0.05, 0) is 70.1 Å². The Bertz CT molecular complexity index is 532. The Kier molecular flexibility index (Phi) is 6.63.